The number of hydrogen-bond acceptors (Lipinski definition) is 3. The van der Waals surface area contributed by atoms with Gasteiger partial charge >= 0.3 is 0 Å². The van der Waals surface area contributed by atoms with Crippen LogP contribution >= 0.6 is 24.0 Å². The Hall–Kier alpha value is -2.10. The van der Waals surface area contributed by atoms with Crippen molar-refractivity contribution in [3.8, 4) is 0 Å². The highest BCUT2D eigenvalue weighted by Crippen LogP contribution is 1.97. The standard InChI is InChI=1S/C19H28N6O.HI/c1-2-20-19(23-13-7-15-25-16-8-14-24-25)22-12-6-11-21-18(26)17-9-4-3-5-10-17;/h3-5,8-10,14,16H,2,6-7,11-13,15H2,1H3,(H,21,26)(H2,20,22,23);1H. The smallest absolute Gasteiger partial charge is 0.251 e. The number of carbonyl (C=O) groups is 1. The molecule has 3 N–H and O–H groups in total. The third-order valence-electron chi connectivity index (χ3n) is 3.69. The van der Waals surface area contributed by atoms with Gasteiger partial charge in [0.15, 0.2) is 5.96 Å². The van der Waals surface area contributed by atoms with Gasteiger partial charge in [-0.15, -0.1) is 24.0 Å². The molecule has 0 spiro atoms. The molecule has 0 aliphatic carbocycles. The highest BCUT2D eigenvalue weighted by molar-refractivity contribution is 14.0. The van der Waals surface area contributed by atoms with E-state index in [9.17, 15) is 4.79 Å². The minimum atomic E-state index is -0.0372. The lowest BCUT2D eigenvalue weighted by Crippen LogP contribution is -2.39. The second kappa shape index (κ2) is 14.0. The Morgan fingerprint density at radius 1 is 1.07 bits per heavy atom. The van der Waals surface area contributed by atoms with E-state index < -0.39 is 0 Å². The van der Waals surface area contributed by atoms with E-state index >= 15 is 0 Å². The topological polar surface area (TPSA) is 83.3 Å². The number of amides is 1. The van der Waals surface area contributed by atoms with Crippen molar-refractivity contribution in [2.24, 2.45) is 4.99 Å². The average molecular weight is 484 g/mol. The summed E-state index contributed by atoms with van der Waals surface area (Å²) in [4.78, 5) is 16.5. The van der Waals surface area contributed by atoms with Crippen LogP contribution in [-0.4, -0.2) is 47.8 Å². The van der Waals surface area contributed by atoms with E-state index in [-0.39, 0.29) is 29.9 Å². The molecule has 1 heterocycles. The summed E-state index contributed by atoms with van der Waals surface area (Å²) in [5.74, 6) is 0.771. The van der Waals surface area contributed by atoms with Crippen LogP contribution in [0.15, 0.2) is 53.8 Å². The van der Waals surface area contributed by atoms with Crippen LogP contribution in [-0.2, 0) is 6.54 Å². The van der Waals surface area contributed by atoms with E-state index in [1.807, 2.05) is 54.2 Å². The van der Waals surface area contributed by atoms with Gasteiger partial charge in [-0.05, 0) is 38.0 Å². The van der Waals surface area contributed by atoms with Gasteiger partial charge in [0.25, 0.3) is 5.91 Å². The van der Waals surface area contributed by atoms with Crippen LogP contribution in [0.3, 0.4) is 0 Å². The van der Waals surface area contributed by atoms with Crippen LogP contribution in [0.5, 0.6) is 0 Å². The molecule has 148 valence electrons. The second-order valence-electron chi connectivity index (χ2n) is 5.79. The van der Waals surface area contributed by atoms with E-state index in [1.165, 1.54) is 0 Å². The Labute approximate surface area is 178 Å². The monoisotopic (exact) mass is 484 g/mol. The number of aromatic nitrogens is 2. The van der Waals surface area contributed by atoms with Crippen molar-refractivity contribution in [1.82, 2.24) is 25.7 Å². The van der Waals surface area contributed by atoms with Crippen molar-refractivity contribution in [2.75, 3.05) is 26.2 Å². The number of halogens is 1. The van der Waals surface area contributed by atoms with Crippen molar-refractivity contribution in [3.63, 3.8) is 0 Å². The number of aliphatic imine (C=N–C) groups is 1. The molecule has 0 atom stereocenters. The fourth-order valence-corrected chi connectivity index (χ4v) is 2.39. The van der Waals surface area contributed by atoms with E-state index in [0.29, 0.717) is 12.1 Å². The normalized spacial score (nSPS) is 10.8. The maximum Gasteiger partial charge on any atom is 0.251 e. The Bertz CT molecular complexity index is 660. The van der Waals surface area contributed by atoms with Crippen molar-refractivity contribution in [3.05, 3.63) is 54.4 Å². The van der Waals surface area contributed by atoms with E-state index in [2.05, 4.69) is 26.0 Å². The van der Waals surface area contributed by atoms with Gasteiger partial charge in [-0.25, -0.2) is 0 Å². The molecule has 0 aliphatic rings. The molecule has 0 fully saturated rings. The number of aryl methyl sites for hydroxylation is 1. The van der Waals surface area contributed by atoms with Crippen molar-refractivity contribution >= 4 is 35.8 Å². The lowest BCUT2D eigenvalue weighted by atomic mass is 10.2. The van der Waals surface area contributed by atoms with Gasteiger partial charge in [0, 0.05) is 50.7 Å². The summed E-state index contributed by atoms with van der Waals surface area (Å²) in [5.41, 5.74) is 0.688. The Balaban J connectivity index is 0.00000364. The van der Waals surface area contributed by atoms with Crippen molar-refractivity contribution < 1.29 is 4.79 Å². The number of nitrogens with one attached hydrogen (secondary N) is 3. The molecule has 0 saturated carbocycles. The summed E-state index contributed by atoms with van der Waals surface area (Å²) in [5, 5.41) is 13.6. The molecule has 0 aliphatic heterocycles. The van der Waals surface area contributed by atoms with Gasteiger partial charge in [-0.1, -0.05) is 18.2 Å². The third kappa shape index (κ3) is 9.41. The number of benzene rings is 1. The molecule has 1 aromatic heterocycles. The number of hydrogen-bond donors (Lipinski definition) is 3. The van der Waals surface area contributed by atoms with Gasteiger partial charge in [0.05, 0.1) is 0 Å². The molecule has 2 rings (SSSR count). The summed E-state index contributed by atoms with van der Waals surface area (Å²) in [7, 11) is 0. The van der Waals surface area contributed by atoms with Crippen LogP contribution in [0.1, 0.15) is 30.1 Å². The van der Waals surface area contributed by atoms with E-state index in [4.69, 9.17) is 0 Å². The zero-order valence-corrected chi connectivity index (χ0v) is 18.1. The highest BCUT2D eigenvalue weighted by atomic mass is 127. The zero-order chi connectivity index (χ0) is 18.5. The predicted molar refractivity (Wildman–Crippen MR) is 120 cm³/mol. The molecular weight excluding hydrogens is 455 g/mol. The largest absolute Gasteiger partial charge is 0.357 e. The second-order valence-corrected chi connectivity index (χ2v) is 5.79. The fourth-order valence-electron chi connectivity index (χ4n) is 2.39. The molecule has 0 radical (unpaired) electrons. The van der Waals surface area contributed by atoms with Gasteiger partial charge in [-0.3, -0.25) is 14.5 Å². The van der Waals surface area contributed by atoms with E-state index in [1.54, 1.807) is 6.20 Å². The fraction of sp³-hybridized carbons (Fsp3) is 0.421. The van der Waals surface area contributed by atoms with Gasteiger partial charge in [0.1, 0.15) is 0 Å². The van der Waals surface area contributed by atoms with Crippen molar-refractivity contribution in [1.29, 1.82) is 0 Å². The summed E-state index contributed by atoms with van der Waals surface area (Å²) in [6.07, 6.45) is 5.50. The Kier molecular flexibility index (Phi) is 11.9. The highest BCUT2D eigenvalue weighted by Gasteiger charge is 2.03. The molecule has 0 unspecified atom stereocenters. The third-order valence-corrected chi connectivity index (χ3v) is 3.69. The molecule has 0 saturated heterocycles. The lowest BCUT2D eigenvalue weighted by Gasteiger charge is -2.11. The average Bonchev–Trinajstić information content (AvgIpc) is 3.19. The predicted octanol–water partition coefficient (Wildman–Crippen LogP) is 2.27. The Morgan fingerprint density at radius 2 is 1.85 bits per heavy atom. The van der Waals surface area contributed by atoms with Crippen LogP contribution in [0, 0.1) is 0 Å². The van der Waals surface area contributed by atoms with Gasteiger partial charge in [-0.2, -0.15) is 5.10 Å². The van der Waals surface area contributed by atoms with Gasteiger partial charge in [0.2, 0.25) is 0 Å². The number of nitrogens with zero attached hydrogens (tertiary/aromatic N) is 3. The minimum Gasteiger partial charge on any atom is -0.357 e. The lowest BCUT2D eigenvalue weighted by molar-refractivity contribution is 0.0953. The number of carbonyl (C=O) groups excluding carboxylic acids is 1. The van der Waals surface area contributed by atoms with Crippen molar-refractivity contribution in [2.45, 2.75) is 26.3 Å². The summed E-state index contributed by atoms with van der Waals surface area (Å²) >= 11 is 0. The van der Waals surface area contributed by atoms with Crippen LogP contribution in [0.4, 0.5) is 0 Å². The van der Waals surface area contributed by atoms with Crippen LogP contribution in [0.25, 0.3) is 0 Å². The molecule has 1 amide bonds. The first-order valence-corrected chi connectivity index (χ1v) is 9.12. The maximum atomic E-state index is 11.9. The van der Waals surface area contributed by atoms with Crippen LogP contribution < -0.4 is 16.0 Å². The molecule has 0 bridgehead atoms. The SMILES string of the molecule is CCNC(=NCCCn1cccn1)NCCCNC(=O)c1ccccc1.I. The number of rotatable bonds is 10. The van der Waals surface area contributed by atoms with E-state index in [0.717, 1.165) is 45.0 Å². The first-order valence-electron chi connectivity index (χ1n) is 9.12. The summed E-state index contributed by atoms with van der Waals surface area (Å²) in [6.45, 7) is 5.83. The molecule has 27 heavy (non-hydrogen) atoms. The molecule has 1 aromatic carbocycles. The molecule has 7 nitrogen and oxygen atoms in total. The summed E-state index contributed by atoms with van der Waals surface area (Å²) in [6, 6.07) is 11.2. The zero-order valence-electron chi connectivity index (χ0n) is 15.7. The van der Waals surface area contributed by atoms with Crippen LogP contribution in [0.2, 0.25) is 0 Å². The van der Waals surface area contributed by atoms with Gasteiger partial charge < -0.3 is 16.0 Å². The summed E-state index contributed by atoms with van der Waals surface area (Å²) < 4.78 is 1.91. The minimum absolute atomic E-state index is 0. The first kappa shape index (κ1) is 22.9. The number of guanidine groups is 1. The molecular formula is C19H29IN6O. The Morgan fingerprint density at radius 3 is 2.56 bits per heavy atom. The molecule has 2 aromatic rings. The molecule has 8 heteroatoms. The quantitative estimate of drug-likeness (QED) is 0.209. The maximum absolute atomic E-state index is 11.9. The first-order chi connectivity index (χ1) is 12.8.